The van der Waals surface area contributed by atoms with Crippen molar-refractivity contribution in [3.8, 4) is 0 Å². The maximum Gasteiger partial charge on any atom is 0.252 e. The van der Waals surface area contributed by atoms with E-state index in [2.05, 4.69) is 5.32 Å². The first-order valence-electron chi connectivity index (χ1n) is 5.57. The molecule has 3 nitrogen and oxygen atoms in total. The predicted molar refractivity (Wildman–Crippen MR) is 73.6 cm³/mol. The van der Waals surface area contributed by atoms with Crippen LogP contribution in [0.2, 0.25) is 0 Å². The minimum atomic E-state index is -0.376. The molecule has 0 saturated carbocycles. The molecule has 1 amide bonds. The Morgan fingerprint density at radius 1 is 1.47 bits per heavy atom. The SMILES string of the molecule is CSc1ccc(C)c(C(=O)NC(C)(C)CN)c1. The van der Waals surface area contributed by atoms with Gasteiger partial charge in [0.25, 0.3) is 5.91 Å². The van der Waals surface area contributed by atoms with Crippen LogP contribution in [0.25, 0.3) is 0 Å². The van der Waals surface area contributed by atoms with Crippen LogP contribution in [0, 0.1) is 6.92 Å². The van der Waals surface area contributed by atoms with Gasteiger partial charge in [0.2, 0.25) is 0 Å². The Morgan fingerprint density at radius 2 is 2.12 bits per heavy atom. The van der Waals surface area contributed by atoms with Crippen molar-refractivity contribution in [3.05, 3.63) is 29.3 Å². The first-order valence-corrected chi connectivity index (χ1v) is 6.79. The standard InChI is InChI=1S/C13H20N2OS/c1-9-5-6-10(17-4)7-11(9)12(16)15-13(2,3)8-14/h5-7H,8,14H2,1-4H3,(H,15,16). The molecule has 0 saturated heterocycles. The molecule has 0 bridgehead atoms. The second kappa shape index (κ2) is 5.56. The number of carbonyl (C=O) groups excluding carboxylic acids is 1. The maximum absolute atomic E-state index is 12.1. The Bertz CT molecular complexity index is 416. The lowest BCUT2D eigenvalue weighted by atomic mass is 10.0. The van der Waals surface area contributed by atoms with Crippen LogP contribution in [-0.4, -0.2) is 24.2 Å². The second-order valence-electron chi connectivity index (χ2n) is 4.72. The van der Waals surface area contributed by atoms with E-state index in [9.17, 15) is 4.79 Å². The van der Waals surface area contributed by atoms with E-state index in [0.717, 1.165) is 16.0 Å². The van der Waals surface area contributed by atoms with Gasteiger partial charge in [0.05, 0.1) is 0 Å². The summed E-state index contributed by atoms with van der Waals surface area (Å²) in [4.78, 5) is 13.2. The number of rotatable bonds is 4. The molecule has 0 heterocycles. The highest BCUT2D eigenvalue weighted by Crippen LogP contribution is 2.19. The summed E-state index contributed by atoms with van der Waals surface area (Å²) in [7, 11) is 0. The molecule has 0 atom stereocenters. The number of thioether (sulfide) groups is 1. The van der Waals surface area contributed by atoms with Crippen LogP contribution < -0.4 is 11.1 Å². The number of amides is 1. The van der Waals surface area contributed by atoms with Gasteiger partial charge in [0, 0.05) is 22.5 Å². The van der Waals surface area contributed by atoms with Gasteiger partial charge in [0.15, 0.2) is 0 Å². The zero-order valence-electron chi connectivity index (χ0n) is 10.8. The van der Waals surface area contributed by atoms with Crippen molar-refractivity contribution in [2.75, 3.05) is 12.8 Å². The Balaban J connectivity index is 2.96. The van der Waals surface area contributed by atoms with Gasteiger partial charge in [0.1, 0.15) is 0 Å². The minimum Gasteiger partial charge on any atom is -0.346 e. The highest BCUT2D eigenvalue weighted by atomic mass is 32.2. The molecule has 0 aliphatic carbocycles. The monoisotopic (exact) mass is 252 g/mol. The fraction of sp³-hybridized carbons (Fsp3) is 0.462. The van der Waals surface area contributed by atoms with Crippen LogP contribution in [0.3, 0.4) is 0 Å². The highest BCUT2D eigenvalue weighted by Gasteiger charge is 2.20. The number of carbonyl (C=O) groups is 1. The summed E-state index contributed by atoms with van der Waals surface area (Å²) < 4.78 is 0. The lowest BCUT2D eigenvalue weighted by Gasteiger charge is -2.24. The lowest BCUT2D eigenvalue weighted by Crippen LogP contribution is -2.49. The third-order valence-electron chi connectivity index (χ3n) is 2.65. The van der Waals surface area contributed by atoms with Crippen molar-refractivity contribution >= 4 is 17.7 Å². The van der Waals surface area contributed by atoms with E-state index in [1.807, 2.05) is 45.2 Å². The second-order valence-corrected chi connectivity index (χ2v) is 5.60. The van der Waals surface area contributed by atoms with Crippen molar-refractivity contribution < 1.29 is 4.79 Å². The molecule has 4 heteroatoms. The average molecular weight is 252 g/mol. The Hall–Kier alpha value is -1.00. The molecule has 0 aliphatic rings. The lowest BCUT2D eigenvalue weighted by molar-refractivity contribution is 0.0915. The molecule has 0 radical (unpaired) electrons. The summed E-state index contributed by atoms with van der Waals surface area (Å²) in [5, 5.41) is 2.94. The summed E-state index contributed by atoms with van der Waals surface area (Å²) in [5.74, 6) is -0.0612. The molecule has 94 valence electrons. The summed E-state index contributed by atoms with van der Waals surface area (Å²) in [6, 6.07) is 5.91. The normalized spacial score (nSPS) is 11.4. The fourth-order valence-corrected chi connectivity index (χ4v) is 1.84. The van der Waals surface area contributed by atoms with Crippen molar-refractivity contribution in [3.63, 3.8) is 0 Å². The topological polar surface area (TPSA) is 55.1 Å². The molecule has 0 unspecified atom stereocenters. The first kappa shape index (κ1) is 14.1. The van der Waals surface area contributed by atoms with Crippen molar-refractivity contribution in [2.24, 2.45) is 5.73 Å². The number of hydrogen-bond acceptors (Lipinski definition) is 3. The molecule has 1 rings (SSSR count). The van der Waals surface area contributed by atoms with Crippen molar-refractivity contribution in [1.82, 2.24) is 5.32 Å². The van der Waals surface area contributed by atoms with Crippen LogP contribution in [0.1, 0.15) is 29.8 Å². The van der Waals surface area contributed by atoms with E-state index in [1.165, 1.54) is 0 Å². The zero-order valence-corrected chi connectivity index (χ0v) is 11.6. The summed E-state index contributed by atoms with van der Waals surface area (Å²) in [6.45, 7) is 6.19. The third kappa shape index (κ3) is 3.75. The van der Waals surface area contributed by atoms with E-state index >= 15 is 0 Å². The van der Waals surface area contributed by atoms with Gasteiger partial charge in [-0.05, 0) is 44.7 Å². The molecule has 0 fully saturated rings. The van der Waals surface area contributed by atoms with Gasteiger partial charge < -0.3 is 11.1 Å². The Labute approximate surface area is 107 Å². The van der Waals surface area contributed by atoms with Crippen molar-refractivity contribution in [1.29, 1.82) is 0 Å². The van der Waals surface area contributed by atoms with Crippen molar-refractivity contribution in [2.45, 2.75) is 31.2 Å². The number of nitrogens with two attached hydrogens (primary N) is 1. The largest absolute Gasteiger partial charge is 0.346 e. The highest BCUT2D eigenvalue weighted by molar-refractivity contribution is 7.98. The van der Waals surface area contributed by atoms with Gasteiger partial charge in [-0.1, -0.05) is 6.07 Å². The smallest absolute Gasteiger partial charge is 0.252 e. The van der Waals surface area contributed by atoms with Crippen LogP contribution in [0.15, 0.2) is 23.1 Å². The predicted octanol–water partition coefficient (Wildman–Crippen LogP) is 2.18. The average Bonchev–Trinajstić information content (AvgIpc) is 2.29. The van der Waals surface area contributed by atoms with Crippen LogP contribution in [0.4, 0.5) is 0 Å². The van der Waals surface area contributed by atoms with E-state index in [1.54, 1.807) is 11.8 Å². The number of benzene rings is 1. The van der Waals surface area contributed by atoms with E-state index in [4.69, 9.17) is 5.73 Å². The van der Waals surface area contributed by atoms with E-state index in [-0.39, 0.29) is 11.4 Å². The molecular weight excluding hydrogens is 232 g/mol. The minimum absolute atomic E-state index is 0.0612. The van der Waals surface area contributed by atoms with E-state index in [0.29, 0.717) is 6.54 Å². The summed E-state index contributed by atoms with van der Waals surface area (Å²) >= 11 is 1.63. The van der Waals surface area contributed by atoms with Crippen LogP contribution in [0.5, 0.6) is 0 Å². The number of nitrogens with one attached hydrogen (secondary N) is 1. The molecule has 0 spiro atoms. The zero-order chi connectivity index (χ0) is 13.1. The molecule has 1 aromatic carbocycles. The summed E-state index contributed by atoms with van der Waals surface area (Å²) in [6.07, 6.45) is 2.00. The molecular formula is C13H20N2OS. The van der Waals surface area contributed by atoms with Gasteiger partial charge in [-0.2, -0.15) is 0 Å². The van der Waals surface area contributed by atoms with Gasteiger partial charge in [-0.15, -0.1) is 11.8 Å². The maximum atomic E-state index is 12.1. The fourth-order valence-electron chi connectivity index (χ4n) is 1.40. The third-order valence-corrected chi connectivity index (χ3v) is 3.38. The molecule has 0 aromatic heterocycles. The van der Waals surface area contributed by atoms with E-state index < -0.39 is 0 Å². The van der Waals surface area contributed by atoms with Gasteiger partial charge in [-0.3, -0.25) is 4.79 Å². The quantitative estimate of drug-likeness (QED) is 0.808. The van der Waals surface area contributed by atoms with Crippen LogP contribution >= 0.6 is 11.8 Å². The van der Waals surface area contributed by atoms with Crippen LogP contribution in [-0.2, 0) is 0 Å². The Kier molecular flexibility index (Phi) is 4.60. The van der Waals surface area contributed by atoms with Gasteiger partial charge >= 0.3 is 0 Å². The number of aryl methyl sites for hydroxylation is 1. The first-order chi connectivity index (χ1) is 7.89. The molecule has 0 aliphatic heterocycles. The number of hydrogen-bond donors (Lipinski definition) is 2. The summed E-state index contributed by atoms with van der Waals surface area (Å²) in [5.41, 5.74) is 6.93. The molecule has 1 aromatic rings. The molecule has 3 N–H and O–H groups in total. The Morgan fingerprint density at radius 3 is 2.65 bits per heavy atom. The van der Waals surface area contributed by atoms with Gasteiger partial charge in [-0.25, -0.2) is 0 Å². The molecule has 17 heavy (non-hydrogen) atoms.